The zero-order valence-corrected chi connectivity index (χ0v) is 16.4. The molecule has 1 aromatic heterocycles. The van der Waals surface area contributed by atoms with Crippen molar-refractivity contribution in [1.82, 2.24) is 15.6 Å². The third-order valence-electron chi connectivity index (χ3n) is 3.47. The van der Waals surface area contributed by atoms with Gasteiger partial charge < -0.3 is 10.6 Å². The molecule has 0 spiro atoms. The monoisotopic (exact) mass is 442 g/mol. The molecule has 2 rings (SSSR count). The van der Waals surface area contributed by atoms with Crippen LogP contribution in [0.4, 0.5) is 4.39 Å². The molecule has 0 atom stereocenters. The Balaban J connectivity index is 0.00000288. The summed E-state index contributed by atoms with van der Waals surface area (Å²) in [6.45, 7) is 6.14. The van der Waals surface area contributed by atoms with Gasteiger partial charge >= 0.3 is 0 Å². The molecule has 0 unspecified atom stereocenters. The number of aromatic nitrogens is 1. The van der Waals surface area contributed by atoms with Crippen LogP contribution in [0.3, 0.4) is 0 Å². The number of pyridine rings is 1. The van der Waals surface area contributed by atoms with Gasteiger partial charge in [-0.3, -0.25) is 4.98 Å². The normalized spacial score (nSPS) is 10.9. The van der Waals surface area contributed by atoms with E-state index in [0.29, 0.717) is 6.54 Å². The predicted molar refractivity (Wildman–Crippen MR) is 107 cm³/mol. The van der Waals surface area contributed by atoms with Crippen LogP contribution < -0.4 is 10.6 Å². The summed E-state index contributed by atoms with van der Waals surface area (Å²) in [4.78, 5) is 8.91. The van der Waals surface area contributed by atoms with Gasteiger partial charge in [0.05, 0.1) is 12.2 Å². The minimum atomic E-state index is -0.206. The molecule has 1 aromatic carbocycles. The Labute approximate surface area is 160 Å². The van der Waals surface area contributed by atoms with Gasteiger partial charge in [0, 0.05) is 19.3 Å². The van der Waals surface area contributed by atoms with E-state index < -0.39 is 0 Å². The number of nitrogens with one attached hydrogen (secondary N) is 2. The first-order chi connectivity index (χ1) is 11.2. The van der Waals surface area contributed by atoms with Gasteiger partial charge in [-0.15, -0.1) is 24.0 Å². The van der Waals surface area contributed by atoms with E-state index in [4.69, 9.17) is 0 Å². The van der Waals surface area contributed by atoms with Crippen LogP contribution in [-0.4, -0.2) is 24.0 Å². The van der Waals surface area contributed by atoms with E-state index in [9.17, 15) is 4.39 Å². The molecule has 0 aliphatic rings. The molecule has 0 saturated heterocycles. The lowest BCUT2D eigenvalue weighted by Crippen LogP contribution is -2.38. The summed E-state index contributed by atoms with van der Waals surface area (Å²) >= 11 is 0. The Morgan fingerprint density at radius 2 is 1.92 bits per heavy atom. The summed E-state index contributed by atoms with van der Waals surface area (Å²) in [5.41, 5.74) is 3.21. The molecular weight excluding hydrogens is 418 g/mol. The fourth-order valence-electron chi connectivity index (χ4n) is 2.16. The number of hydrogen-bond donors (Lipinski definition) is 2. The Morgan fingerprint density at radius 3 is 2.58 bits per heavy atom. The first-order valence-corrected chi connectivity index (χ1v) is 7.86. The van der Waals surface area contributed by atoms with Gasteiger partial charge in [-0.05, 0) is 49.6 Å². The molecule has 4 nitrogen and oxygen atoms in total. The standard InChI is InChI=1S/C18H23FN4.HI/c1-3-20-18(23-13-17-14(2)5-4-11-21-17)22-12-10-15-6-8-16(19)9-7-15;/h4-9,11H,3,10,12-13H2,1-2H3,(H2,20,22,23);1H. The Bertz CT molecular complexity index is 644. The highest BCUT2D eigenvalue weighted by Crippen LogP contribution is 2.05. The molecule has 6 heteroatoms. The van der Waals surface area contributed by atoms with Crippen molar-refractivity contribution in [3.05, 3.63) is 65.2 Å². The maximum absolute atomic E-state index is 12.9. The lowest BCUT2D eigenvalue weighted by atomic mass is 10.1. The molecule has 0 fully saturated rings. The van der Waals surface area contributed by atoms with Gasteiger partial charge in [0.15, 0.2) is 5.96 Å². The summed E-state index contributed by atoms with van der Waals surface area (Å²) in [6.07, 6.45) is 2.60. The highest BCUT2D eigenvalue weighted by atomic mass is 127. The largest absolute Gasteiger partial charge is 0.357 e. The van der Waals surface area contributed by atoms with E-state index in [-0.39, 0.29) is 29.8 Å². The summed E-state index contributed by atoms with van der Waals surface area (Å²) in [5.74, 6) is 0.557. The number of nitrogens with zero attached hydrogens (tertiary/aromatic N) is 2. The first kappa shape index (κ1) is 20.3. The smallest absolute Gasteiger partial charge is 0.191 e. The Hall–Kier alpha value is -1.70. The SMILES string of the molecule is CCNC(=NCc1ncccc1C)NCCc1ccc(F)cc1.I. The quantitative estimate of drug-likeness (QED) is 0.410. The van der Waals surface area contributed by atoms with Gasteiger partial charge in [0.25, 0.3) is 0 Å². The molecule has 0 saturated carbocycles. The van der Waals surface area contributed by atoms with Crippen molar-refractivity contribution in [2.24, 2.45) is 4.99 Å². The van der Waals surface area contributed by atoms with Crippen molar-refractivity contribution < 1.29 is 4.39 Å². The van der Waals surface area contributed by atoms with E-state index in [0.717, 1.165) is 42.3 Å². The van der Waals surface area contributed by atoms with Gasteiger partial charge in [0.1, 0.15) is 5.82 Å². The molecule has 0 amide bonds. The Morgan fingerprint density at radius 1 is 1.17 bits per heavy atom. The average Bonchev–Trinajstić information content (AvgIpc) is 2.56. The summed E-state index contributed by atoms with van der Waals surface area (Å²) in [7, 11) is 0. The average molecular weight is 442 g/mol. The molecule has 2 aromatic rings. The van der Waals surface area contributed by atoms with Gasteiger partial charge in [-0.25, -0.2) is 9.38 Å². The van der Waals surface area contributed by atoms with Crippen LogP contribution in [0.5, 0.6) is 0 Å². The Kier molecular flexibility index (Phi) is 9.29. The van der Waals surface area contributed by atoms with Crippen molar-refractivity contribution >= 4 is 29.9 Å². The third-order valence-corrected chi connectivity index (χ3v) is 3.47. The number of guanidine groups is 1. The van der Waals surface area contributed by atoms with E-state index in [1.54, 1.807) is 18.3 Å². The van der Waals surface area contributed by atoms with Crippen LogP contribution in [0.15, 0.2) is 47.6 Å². The van der Waals surface area contributed by atoms with E-state index >= 15 is 0 Å². The zero-order chi connectivity index (χ0) is 16.5. The van der Waals surface area contributed by atoms with Crippen LogP contribution in [0, 0.1) is 12.7 Å². The topological polar surface area (TPSA) is 49.3 Å². The molecular formula is C18H24FIN4. The summed E-state index contributed by atoms with van der Waals surface area (Å²) in [6, 6.07) is 10.5. The number of rotatable bonds is 6. The van der Waals surface area contributed by atoms with Crippen molar-refractivity contribution in [1.29, 1.82) is 0 Å². The highest BCUT2D eigenvalue weighted by molar-refractivity contribution is 14.0. The van der Waals surface area contributed by atoms with Gasteiger partial charge in [0.2, 0.25) is 0 Å². The molecule has 1 heterocycles. The first-order valence-electron chi connectivity index (χ1n) is 7.86. The second kappa shape index (κ2) is 11.0. The number of aliphatic imine (C=N–C) groups is 1. The molecule has 0 radical (unpaired) electrons. The second-order valence-electron chi connectivity index (χ2n) is 5.27. The van der Waals surface area contributed by atoms with Crippen LogP contribution in [0.2, 0.25) is 0 Å². The fraction of sp³-hybridized carbons (Fsp3) is 0.333. The lowest BCUT2D eigenvalue weighted by Gasteiger charge is -2.11. The maximum Gasteiger partial charge on any atom is 0.191 e. The minimum absolute atomic E-state index is 0. The number of halogens is 2. The van der Waals surface area contributed by atoms with Crippen molar-refractivity contribution in [3.8, 4) is 0 Å². The van der Waals surface area contributed by atoms with Gasteiger partial charge in [-0.2, -0.15) is 0 Å². The zero-order valence-electron chi connectivity index (χ0n) is 14.1. The molecule has 0 aliphatic carbocycles. The fourth-order valence-corrected chi connectivity index (χ4v) is 2.16. The maximum atomic E-state index is 12.9. The second-order valence-corrected chi connectivity index (χ2v) is 5.27. The van der Waals surface area contributed by atoms with E-state index in [1.807, 2.05) is 26.0 Å². The molecule has 2 N–H and O–H groups in total. The van der Waals surface area contributed by atoms with E-state index in [1.165, 1.54) is 12.1 Å². The van der Waals surface area contributed by atoms with Crippen molar-refractivity contribution in [2.75, 3.05) is 13.1 Å². The van der Waals surface area contributed by atoms with Crippen LogP contribution in [-0.2, 0) is 13.0 Å². The summed E-state index contributed by atoms with van der Waals surface area (Å²) in [5, 5.41) is 6.51. The van der Waals surface area contributed by atoms with Crippen LogP contribution >= 0.6 is 24.0 Å². The molecule has 24 heavy (non-hydrogen) atoms. The van der Waals surface area contributed by atoms with Crippen LogP contribution in [0.1, 0.15) is 23.7 Å². The lowest BCUT2D eigenvalue weighted by molar-refractivity contribution is 0.626. The summed E-state index contributed by atoms with van der Waals surface area (Å²) < 4.78 is 12.9. The number of benzene rings is 1. The minimum Gasteiger partial charge on any atom is -0.357 e. The van der Waals surface area contributed by atoms with Gasteiger partial charge in [-0.1, -0.05) is 18.2 Å². The van der Waals surface area contributed by atoms with Crippen LogP contribution in [0.25, 0.3) is 0 Å². The number of hydrogen-bond acceptors (Lipinski definition) is 2. The molecule has 0 aliphatic heterocycles. The molecule has 130 valence electrons. The van der Waals surface area contributed by atoms with Crippen molar-refractivity contribution in [2.45, 2.75) is 26.8 Å². The highest BCUT2D eigenvalue weighted by Gasteiger charge is 2.01. The van der Waals surface area contributed by atoms with Crippen molar-refractivity contribution in [3.63, 3.8) is 0 Å². The predicted octanol–water partition coefficient (Wildman–Crippen LogP) is 3.44. The third kappa shape index (κ3) is 6.82. The molecule has 0 bridgehead atoms. The van der Waals surface area contributed by atoms with E-state index in [2.05, 4.69) is 20.6 Å². The number of aryl methyl sites for hydroxylation is 1.